The lowest BCUT2D eigenvalue weighted by molar-refractivity contribution is 0.104. The zero-order valence-corrected chi connectivity index (χ0v) is 11.9. The summed E-state index contributed by atoms with van der Waals surface area (Å²) in [6.07, 6.45) is 3.24. The summed E-state index contributed by atoms with van der Waals surface area (Å²) in [6, 6.07) is 7.53. The van der Waals surface area contributed by atoms with Crippen molar-refractivity contribution in [3.8, 4) is 0 Å². The molecule has 0 saturated carbocycles. The predicted octanol–water partition coefficient (Wildman–Crippen LogP) is 2.90. The van der Waals surface area contributed by atoms with Gasteiger partial charge in [0.25, 0.3) is 0 Å². The molecule has 0 N–H and O–H groups in total. The van der Waals surface area contributed by atoms with Crippen molar-refractivity contribution >= 4 is 28.6 Å². The molecule has 5 heteroatoms. The van der Waals surface area contributed by atoms with E-state index in [0.29, 0.717) is 15.6 Å². The van der Waals surface area contributed by atoms with Crippen molar-refractivity contribution in [2.24, 2.45) is 4.99 Å². The maximum Gasteiger partial charge on any atom is 0.211 e. The number of ketones is 1. The monoisotopic (exact) mass is 273 g/mol. The van der Waals surface area contributed by atoms with Crippen molar-refractivity contribution in [3.63, 3.8) is 0 Å². The fourth-order valence-electron chi connectivity index (χ4n) is 1.44. The van der Waals surface area contributed by atoms with Crippen LogP contribution in [0.1, 0.15) is 20.8 Å². The summed E-state index contributed by atoms with van der Waals surface area (Å²) >= 11 is 1.30. The van der Waals surface area contributed by atoms with E-state index in [0.717, 1.165) is 5.56 Å². The highest BCUT2D eigenvalue weighted by atomic mass is 32.1. The van der Waals surface area contributed by atoms with E-state index in [4.69, 9.17) is 0 Å². The number of aromatic nitrogens is 1. The molecule has 98 valence electrons. The summed E-state index contributed by atoms with van der Waals surface area (Å²) in [6.45, 7) is 2.00. The maximum atomic E-state index is 12.2. The number of nitrogens with zero attached hydrogens (tertiary/aromatic N) is 3. The Morgan fingerprint density at radius 2 is 2.00 bits per heavy atom. The Morgan fingerprint density at radius 3 is 2.63 bits per heavy atom. The Hall–Kier alpha value is -2.01. The molecule has 2 rings (SSSR count). The molecule has 0 amide bonds. The Morgan fingerprint density at radius 1 is 1.32 bits per heavy atom. The molecule has 1 aromatic heterocycles. The Kier molecular flexibility index (Phi) is 4.06. The molecule has 2 aromatic rings. The second kappa shape index (κ2) is 5.75. The number of carbonyl (C=O) groups excluding carboxylic acids is 1. The molecule has 0 bridgehead atoms. The number of rotatable bonds is 4. The highest BCUT2D eigenvalue weighted by Gasteiger charge is 2.12. The van der Waals surface area contributed by atoms with Crippen LogP contribution in [0.5, 0.6) is 0 Å². The highest BCUT2D eigenvalue weighted by molar-refractivity contribution is 7.17. The Labute approximate surface area is 116 Å². The standard InChI is InChI=1S/C14H15N3OS/c1-10-4-6-11(7-5-10)13(18)12-8-15-14(19-12)16-9-17(2)3/h4-9H,1-3H3/b16-9+. The average Bonchev–Trinajstić information content (AvgIpc) is 2.85. The molecule has 19 heavy (non-hydrogen) atoms. The molecule has 0 aliphatic heterocycles. The van der Waals surface area contributed by atoms with Gasteiger partial charge >= 0.3 is 0 Å². The third-order valence-electron chi connectivity index (χ3n) is 2.43. The van der Waals surface area contributed by atoms with Gasteiger partial charge in [0.15, 0.2) is 0 Å². The van der Waals surface area contributed by atoms with Gasteiger partial charge in [-0.05, 0) is 6.92 Å². The summed E-state index contributed by atoms with van der Waals surface area (Å²) in [5, 5.41) is 0.587. The first-order valence-electron chi connectivity index (χ1n) is 5.84. The van der Waals surface area contributed by atoms with Gasteiger partial charge in [-0.1, -0.05) is 41.2 Å². The second-order valence-corrected chi connectivity index (χ2v) is 5.42. The summed E-state index contributed by atoms with van der Waals surface area (Å²) in [5.74, 6) is -0.0104. The number of hydrogen-bond acceptors (Lipinski definition) is 4. The van der Waals surface area contributed by atoms with Crippen LogP contribution in [0.15, 0.2) is 35.5 Å². The van der Waals surface area contributed by atoms with Gasteiger partial charge in [0.05, 0.1) is 17.4 Å². The molecule has 0 atom stereocenters. The minimum atomic E-state index is -0.0104. The number of benzene rings is 1. The van der Waals surface area contributed by atoms with E-state index in [2.05, 4.69) is 9.98 Å². The van der Waals surface area contributed by atoms with Gasteiger partial charge in [-0.3, -0.25) is 4.79 Å². The fraction of sp³-hybridized carbons (Fsp3) is 0.214. The first kappa shape index (κ1) is 13.4. The lowest BCUT2D eigenvalue weighted by Crippen LogP contribution is -2.06. The van der Waals surface area contributed by atoms with Gasteiger partial charge in [0.1, 0.15) is 0 Å². The van der Waals surface area contributed by atoms with Crippen LogP contribution < -0.4 is 0 Å². The molecule has 0 spiro atoms. The van der Waals surface area contributed by atoms with Crippen LogP contribution in [0.2, 0.25) is 0 Å². The van der Waals surface area contributed by atoms with E-state index >= 15 is 0 Å². The molecule has 1 heterocycles. The molecule has 0 unspecified atom stereocenters. The molecule has 0 radical (unpaired) electrons. The maximum absolute atomic E-state index is 12.2. The normalized spacial score (nSPS) is 10.9. The van der Waals surface area contributed by atoms with Crippen molar-refractivity contribution in [2.75, 3.05) is 14.1 Å². The number of aryl methyl sites for hydroxylation is 1. The van der Waals surface area contributed by atoms with Crippen molar-refractivity contribution < 1.29 is 4.79 Å². The molecule has 0 aliphatic carbocycles. The topological polar surface area (TPSA) is 45.6 Å². The molecule has 4 nitrogen and oxygen atoms in total. The number of hydrogen-bond donors (Lipinski definition) is 0. The molecule has 1 aromatic carbocycles. The van der Waals surface area contributed by atoms with Crippen molar-refractivity contribution in [3.05, 3.63) is 46.5 Å². The summed E-state index contributed by atoms with van der Waals surface area (Å²) < 4.78 is 0. The quantitative estimate of drug-likeness (QED) is 0.489. The molecule has 0 saturated heterocycles. The molecule has 0 aliphatic rings. The van der Waals surface area contributed by atoms with Crippen molar-refractivity contribution in [1.29, 1.82) is 0 Å². The van der Waals surface area contributed by atoms with Crippen molar-refractivity contribution in [2.45, 2.75) is 6.92 Å². The van der Waals surface area contributed by atoms with Crippen LogP contribution in [0, 0.1) is 6.92 Å². The van der Waals surface area contributed by atoms with E-state index in [1.165, 1.54) is 11.3 Å². The number of thiazole rings is 1. The zero-order chi connectivity index (χ0) is 13.8. The molecule has 0 fully saturated rings. The molecular weight excluding hydrogens is 258 g/mol. The summed E-state index contributed by atoms with van der Waals surface area (Å²) in [4.78, 5) is 22.9. The minimum Gasteiger partial charge on any atom is -0.369 e. The van der Waals surface area contributed by atoms with E-state index in [9.17, 15) is 4.79 Å². The lowest BCUT2D eigenvalue weighted by Gasteiger charge is -2.00. The number of carbonyl (C=O) groups is 1. The third kappa shape index (κ3) is 3.48. The van der Waals surface area contributed by atoms with Crippen LogP contribution >= 0.6 is 11.3 Å². The average molecular weight is 273 g/mol. The van der Waals surface area contributed by atoms with Gasteiger partial charge in [-0.15, -0.1) is 0 Å². The van der Waals surface area contributed by atoms with Gasteiger partial charge in [-0.25, -0.2) is 9.98 Å². The van der Waals surface area contributed by atoms with Crippen LogP contribution in [0.4, 0.5) is 5.13 Å². The Bertz CT molecular complexity index is 599. The smallest absolute Gasteiger partial charge is 0.211 e. The summed E-state index contributed by atoms with van der Waals surface area (Å²) in [7, 11) is 3.77. The zero-order valence-electron chi connectivity index (χ0n) is 11.1. The lowest BCUT2D eigenvalue weighted by atomic mass is 10.1. The first-order valence-corrected chi connectivity index (χ1v) is 6.66. The second-order valence-electron chi connectivity index (χ2n) is 4.41. The van der Waals surface area contributed by atoms with Gasteiger partial charge in [-0.2, -0.15) is 0 Å². The van der Waals surface area contributed by atoms with E-state index < -0.39 is 0 Å². The van der Waals surface area contributed by atoms with Crippen LogP contribution in [-0.2, 0) is 0 Å². The fourth-order valence-corrected chi connectivity index (χ4v) is 2.16. The van der Waals surface area contributed by atoms with Gasteiger partial charge in [0.2, 0.25) is 10.9 Å². The molecular formula is C14H15N3OS. The highest BCUT2D eigenvalue weighted by Crippen LogP contribution is 2.23. The number of aliphatic imine (C=N–C) groups is 1. The predicted molar refractivity (Wildman–Crippen MR) is 78.6 cm³/mol. The first-order chi connectivity index (χ1) is 9.06. The van der Waals surface area contributed by atoms with Crippen molar-refractivity contribution in [1.82, 2.24) is 9.88 Å². The van der Waals surface area contributed by atoms with Crippen LogP contribution in [0.25, 0.3) is 0 Å². The van der Waals surface area contributed by atoms with E-state index in [1.54, 1.807) is 12.5 Å². The van der Waals surface area contributed by atoms with E-state index in [-0.39, 0.29) is 5.78 Å². The van der Waals surface area contributed by atoms with E-state index in [1.807, 2.05) is 50.2 Å². The summed E-state index contributed by atoms with van der Waals surface area (Å²) in [5.41, 5.74) is 1.81. The third-order valence-corrected chi connectivity index (χ3v) is 3.33. The van der Waals surface area contributed by atoms with Gasteiger partial charge in [0, 0.05) is 19.7 Å². The largest absolute Gasteiger partial charge is 0.369 e. The minimum absolute atomic E-state index is 0.0104. The van der Waals surface area contributed by atoms with Crippen LogP contribution in [0.3, 0.4) is 0 Å². The Balaban J connectivity index is 2.18. The van der Waals surface area contributed by atoms with Crippen LogP contribution in [-0.4, -0.2) is 36.1 Å². The van der Waals surface area contributed by atoms with Gasteiger partial charge < -0.3 is 4.90 Å². The SMILES string of the molecule is Cc1ccc(C(=O)c2cnc(/N=C/N(C)C)s2)cc1.